The lowest BCUT2D eigenvalue weighted by Gasteiger charge is -2.10. The van der Waals surface area contributed by atoms with Gasteiger partial charge in [-0.1, -0.05) is 24.3 Å². The molecular weight excluding hydrogens is 417 g/mol. The standard InChI is InChI=1S/C18H25N3O2.HI/c1-3-19-18(20-11-10-17-5-4-12-23-17)21-13-15-6-8-16(9-7-15)14-22-2;/h4-9,12H,3,10-11,13-14H2,1-2H3,(H2,19,20,21);1H. The van der Waals surface area contributed by atoms with Crippen molar-refractivity contribution in [2.75, 3.05) is 20.2 Å². The minimum Gasteiger partial charge on any atom is -0.469 e. The van der Waals surface area contributed by atoms with Crippen LogP contribution in [0.25, 0.3) is 0 Å². The highest BCUT2D eigenvalue weighted by atomic mass is 127. The molecule has 5 nitrogen and oxygen atoms in total. The Labute approximate surface area is 160 Å². The Morgan fingerprint density at radius 3 is 2.50 bits per heavy atom. The lowest BCUT2D eigenvalue weighted by molar-refractivity contribution is 0.185. The molecule has 0 bridgehead atoms. The van der Waals surface area contributed by atoms with Crippen LogP contribution in [0.5, 0.6) is 0 Å². The predicted molar refractivity (Wildman–Crippen MR) is 108 cm³/mol. The molecule has 1 aromatic heterocycles. The fourth-order valence-electron chi connectivity index (χ4n) is 2.18. The van der Waals surface area contributed by atoms with Gasteiger partial charge in [-0.15, -0.1) is 24.0 Å². The van der Waals surface area contributed by atoms with E-state index in [-0.39, 0.29) is 24.0 Å². The summed E-state index contributed by atoms with van der Waals surface area (Å²) in [6, 6.07) is 12.2. The number of nitrogens with zero attached hydrogens (tertiary/aromatic N) is 1. The number of hydrogen-bond acceptors (Lipinski definition) is 3. The third kappa shape index (κ3) is 7.35. The van der Waals surface area contributed by atoms with Crippen LogP contribution in [0.15, 0.2) is 52.1 Å². The van der Waals surface area contributed by atoms with Crippen LogP contribution in [0.4, 0.5) is 0 Å². The smallest absolute Gasteiger partial charge is 0.191 e. The summed E-state index contributed by atoms with van der Waals surface area (Å²) in [5, 5.41) is 6.57. The fourth-order valence-corrected chi connectivity index (χ4v) is 2.18. The van der Waals surface area contributed by atoms with Crippen molar-refractivity contribution >= 4 is 29.9 Å². The topological polar surface area (TPSA) is 58.8 Å². The molecule has 1 aromatic carbocycles. The molecule has 0 saturated heterocycles. The third-order valence-corrected chi connectivity index (χ3v) is 3.34. The lowest BCUT2D eigenvalue weighted by atomic mass is 10.1. The Morgan fingerprint density at radius 1 is 1.12 bits per heavy atom. The van der Waals surface area contributed by atoms with Gasteiger partial charge in [0.15, 0.2) is 5.96 Å². The number of ether oxygens (including phenoxy) is 1. The first-order chi connectivity index (χ1) is 11.3. The summed E-state index contributed by atoms with van der Waals surface area (Å²) in [5.41, 5.74) is 2.34. The van der Waals surface area contributed by atoms with Gasteiger partial charge in [-0.25, -0.2) is 4.99 Å². The van der Waals surface area contributed by atoms with Crippen molar-refractivity contribution in [3.63, 3.8) is 0 Å². The normalized spacial score (nSPS) is 11.0. The summed E-state index contributed by atoms with van der Waals surface area (Å²) in [6.45, 7) is 4.96. The van der Waals surface area contributed by atoms with E-state index < -0.39 is 0 Å². The minimum absolute atomic E-state index is 0. The van der Waals surface area contributed by atoms with E-state index in [1.165, 1.54) is 11.1 Å². The number of nitrogens with one attached hydrogen (secondary N) is 2. The molecular formula is C18H26IN3O2. The first kappa shape index (κ1) is 20.5. The number of halogens is 1. The number of rotatable bonds is 8. The first-order valence-corrected chi connectivity index (χ1v) is 7.93. The van der Waals surface area contributed by atoms with E-state index in [2.05, 4.69) is 46.8 Å². The van der Waals surface area contributed by atoms with Gasteiger partial charge in [0.1, 0.15) is 5.76 Å². The molecule has 0 aliphatic carbocycles. The average Bonchev–Trinajstić information content (AvgIpc) is 3.07. The zero-order valence-electron chi connectivity index (χ0n) is 14.2. The molecule has 2 aromatic rings. The van der Waals surface area contributed by atoms with Crippen LogP contribution in [0.1, 0.15) is 23.8 Å². The number of benzene rings is 1. The number of hydrogen-bond donors (Lipinski definition) is 2. The van der Waals surface area contributed by atoms with Crippen molar-refractivity contribution in [3.8, 4) is 0 Å². The van der Waals surface area contributed by atoms with Gasteiger partial charge < -0.3 is 19.8 Å². The third-order valence-electron chi connectivity index (χ3n) is 3.34. The number of aliphatic imine (C=N–C) groups is 1. The van der Waals surface area contributed by atoms with E-state index in [1.807, 2.05) is 12.1 Å². The molecule has 24 heavy (non-hydrogen) atoms. The van der Waals surface area contributed by atoms with Crippen molar-refractivity contribution < 1.29 is 9.15 Å². The monoisotopic (exact) mass is 443 g/mol. The van der Waals surface area contributed by atoms with Gasteiger partial charge in [0.05, 0.1) is 19.4 Å². The molecule has 0 amide bonds. The zero-order chi connectivity index (χ0) is 16.3. The maximum atomic E-state index is 5.33. The van der Waals surface area contributed by atoms with Crippen LogP contribution in [0.3, 0.4) is 0 Å². The van der Waals surface area contributed by atoms with E-state index in [0.717, 1.165) is 31.2 Å². The molecule has 0 atom stereocenters. The molecule has 6 heteroatoms. The van der Waals surface area contributed by atoms with Crippen molar-refractivity contribution in [2.24, 2.45) is 4.99 Å². The van der Waals surface area contributed by atoms with Crippen molar-refractivity contribution in [1.29, 1.82) is 0 Å². The molecule has 132 valence electrons. The second kappa shape index (κ2) is 11.9. The highest BCUT2D eigenvalue weighted by Crippen LogP contribution is 2.06. The minimum atomic E-state index is 0. The largest absolute Gasteiger partial charge is 0.469 e. The van der Waals surface area contributed by atoms with E-state index in [4.69, 9.17) is 9.15 Å². The van der Waals surface area contributed by atoms with Gasteiger partial charge in [0.2, 0.25) is 0 Å². The second-order valence-corrected chi connectivity index (χ2v) is 5.20. The molecule has 0 aliphatic heterocycles. The van der Waals surface area contributed by atoms with Crippen LogP contribution in [-0.4, -0.2) is 26.2 Å². The fraction of sp³-hybridized carbons (Fsp3) is 0.389. The maximum absolute atomic E-state index is 5.33. The van der Waals surface area contributed by atoms with Gasteiger partial charge in [0, 0.05) is 26.6 Å². The van der Waals surface area contributed by atoms with Crippen LogP contribution in [0.2, 0.25) is 0 Å². The molecule has 2 N–H and O–H groups in total. The van der Waals surface area contributed by atoms with Gasteiger partial charge in [-0.05, 0) is 30.2 Å². The summed E-state index contributed by atoms with van der Waals surface area (Å²) < 4.78 is 10.4. The Bertz CT molecular complexity index is 583. The van der Waals surface area contributed by atoms with E-state index in [0.29, 0.717) is 13.2 Å². The highest BCUT2D eigenvalue weighted by molar-refractivity contribution is 14.0. The quantitative estimate of drug-likeness (QED) is 0.373. The first-order valence-electron chi connectivity index (χ1n) is 7.93. The summed E-state index contributed by atoms with van der Waals surface area (Å²) in [7, 11) is 1.70. The van der Waals surface area contributed by atoms with E-state index >= 15 is 0 Å². The Hall–Kier alpha value is -1.54. The van der Waals surface area contributed by atoms with Crippen molar-refractivity contribution in [3.05, 3.63) is 59.5 Å². The number of guanidine groups is 1. The summed E-state index contributed by atoms with van der Waals surface area (Å²) in [6.07, 6.45) is 2.53. The summed E-state index contributed by atoms with van der Waals surface area (Å²) >= 11 is 0. The maximum Gasteiger partial charge on any atom is 0.191 e. The summed E-state index contributed by atoms with van der Waals surface area (Å²) in [5.74, 6) is 1.79. The molecule has 0 saturated carbocycles. The second-order valence-electron chi connectivity index (χ2n) is 5.20. The Balaban J connectivity index is 0.00000288. The summed E-state index contributed by atoms with van der Waals surface area (Å²) in [4.78, 5) is 4.61. The van der Waals surface area contributed by atoms with Gasteiger partial charge >= 0.3 is 0 Å². The van der Waals surface area contributed by atoms with Crippen LogP contribution in [0, 0.1) is 0 Å². The number of furan rings is 1. The van der Waals surface area contributed by atoms with Crippen LogP contribution in [-0.2, 0) is 24.3 Å². The van der Waals surface area contributed by atoms with Crippen molar-refractivity contribution in [2.45, 2.75) is 26.5 Å². The molecule has 0 spiro atoms. The molecule has 0 unspecified atom stereocenters. The van der Waals surface area contributed by atoms with E-state index in [9.17, 15) is 0 Å². The molecule has 2 rings (SSSR count). The lowest BCUT2D eigenvalue weighted by Crippen LogP contribution is -2.38. The van der Waals surface area contributed by atoms with Crippen molar-refractivity contribution in [1.82, 2.24) is 10.6 Å². The molecule has 0 fully saturated rings. The van der Waals surface area contributed by atoms with Crippen LogP contribution < -0.4 is 10.6 Å². The average molecular weight is 443 g/mol. The van der Waals surface area contributed by atoms with Crippen LogP contribution >= 0.6 is 24.0 Å². The SMILES string of the molecule is CCNC(=NCc1ccc(COC)cc1)NCCc1ccco1.I. The Kier molecular flexibility index (Phi) is 10.2. The highest BCUT2D eigenvalue weighted by Gasteiger charge is 2.00. The molecule has 0 radical (unpaired) electrons. The zero-order valence-corrected chi connectivity index (χ0v) is 16.6. The van der Waals surface area contributed by atoms with Gasteiger partial charge in [0.25, 0.3) is 0 Å². The predicted octanol–water partition coefficient (Wildman–Crippen LogP) is 3.34. The molecule has 1 heterocycles. The molecule has 0 aliphatic rings. The van der Waals surface area contributed by atoms with Gasteiger partial charge in [-0.2, -0.15) is 0 Å². The van der Waals surface area contributed by atoms with Gasteiger partial charge in [-0.3, -0.25) is 0 Å². The number of methoxy groups -OCH3 is 1. The Morgan fingerprint density at radius 2 is 1.88 bits per heavy atom. The van der Waals surface area contributed by atoms with E-state index in [1.54, 1.807) is 13.4 Å².